The number of hydrogen-bond acceptors (Lipinski definition) is 4. The maximum Gasteiger partial charge on any atom is 0.417 e. The number of benzene rings is 1. The van der Waals surface area contributed by atoms with Gasteiger partial charge in [0.1, 0.15) is 11.6 Å². The van der Waals surface area contributed by atoms with Crippen LogP contribution in [0.2, 0.25) is 0 Å². The Kier molecular flexibility index (Phi) is 6.61. The van der Waals surface area contributed by atoms with Crippen LogP contribution in [0.25, 0.3) is 0 Å². The number of alkyl halides is 3. The van der Waals surface area contributed by atoms with Crippen LogP contribution in [-0.4, -0.2) is 48.6 Å². The third-order valence-corrected chi connectivity index (χ3v) is 4.91. The molecule has 0 aliphatic carbocycles. The molecule has 1 aromatic heterocycles. The lowest BCUT2D eigenvalue weighted by molar-refractivity contribution is -0.137. The van der Waals surface area contributed by atoms with Gasteiger partial charge in [0.25, 0.3) is 0 Å². The van der Waals surface area contributed by atoms with Crippen LogP contribution in [-0.2, 0) is 17.4 Å². The van der Waals surface area contributed by atoms with Crippen molar-refractivity contribution in [3.8, 4) is 5.75 Å². The summed E-state index contributed by atoms with van der Waals surface area (Å²) in [5.41, 5.74) is 0.248. The van der Waals surface area contributed by atoms with Crippen molar-refractivity contribution in [2.24, 2.45) is 0 Å². The molecule has 0 atom stereocenters. The molecule has 0 N–H and O–H groups in total. The lowest BCUT2D eigenvalue weighted by Crippen LogP contribution is -2.49. The van der Waals surface area contributed by atoms with Crippen LogP contribution in [0.4, 0.5) is 19.0 Å². The van der Waals surface area contributed by atoms with E-state index in [2.05, 4.69) is 4.98 Å². The molecule has 1 aromatic carbocycles. The standard InChI is InChI=1S/C21H24F3N3O2/c1-2-29-18-6-4-3-5-16(18)7-10-20(28)27-13-11-26(12-14-27)19-9-8-17(15-25-19)21(22,23)24/h3-6,8-9,15H,2,7,10-14H2,1H3. The molecule has 29 heavy (non-hydrogen) atoms. The van der Waals surface area contributed by atoms with Gasteiger partial charge < -0.3 is 14.5 Å². The second-order valence-corrected chi connectivity index (χ2v) is 6.81. The van der Waals surface area contributed by atoms with Crippen LogP contribution in [0.5, 0.6) is 5.75 Å². The minimum absolute atomic E-state index is 0.0660. The number of piperazine rings is 1. The summed E-state index contributed by atoms with van der Waals surface area (Å²) in [6, 6.07) is 10.1. The summed E-state index contributed by atoms with van der Waals surface area (Å²) in [5.74, 6) is 1.37. The Labute approximate surface area is 168 Å². The van der Waals surface area contributed by atoms with Crippen molar-refractivity contribution < 1.29 is 22.7 Å². The van der Waals surface area contributed by atoms with Gasteiger partial charge >= 0.3 is 6.18 Å². The molecule has 3 rings (SSSR count). The monoisotopic (exact) mass is 407 g/mol. The molecule has 0 radical (unpaired) electrons. The van der Waals surface area contributed by atoms with E-state index in [1.54, 1.807) is 4.90 Å². The van der Waals surface area contributed by atoms with Gasteiger partial charge in [0.05, 0.1) is 12.2 Å². The van der Waals surface area contributed by atoms with E-state index >= 15 is 0 Å². The minimum atomic E-state index is -4.39. The van der Waals surface area contributed by atoms with E-state index in [9.17, 15) is 18.0 Å². The molecule has 1 amide bonds. The maximum absolute atomic E-state index is 12.7. The molecule has 1 aliphatic rings. The molecule has 0 saturated carbocycles. The second kappa shape index (κ2) is 9.15. The first-order valence-electron chi connectivity index (χ1n) is 9.65. The van der Waals surface area contributed by atoms with Gasteiger partial charge in [-0.1, -0.05) is 18.2 Å². The van der Waals surface area contributed by atoms with Crippen LogP contribution in [0.1, 0.15) is 24.5 Å². The number of halogens is 3. The van der Waals surface area contributed by atoms with Crippen LogP contribution >= 0.6 is 0 Å². The molecule has 1 saturated heterocycles. The van der Waals surface area contributed by atoms with Crippen molar-refractivity contribution >= 4 is 11.7 Å². The fourth-order valence-corrected chi connectivity index (χ4v) is 3.33. The number of aromatic nitrogens is 1. The number of carbonyl (C=O) groups is 1. The van der Waals surface area contributed by atoms with Gasteiger partial charge in [0.15, 0.2) is 0 Å². The summed E-state index contributed by atoms with van der Waals surface area (Å²) in [5, 5.41) is 0. The Morgan fingerprint density at radius 3 is 2.45 bits per heavy atom. The van der Waals surface area contributed by atoms with Crippen molar-refractivity contribution in [1.82, 2.24) is 9.88 Å². The van der Waals surface area contributed by atoms with E-state index in [4.69, 9.17) is 4.74 Å². The molecule has 0 unspecified atom stereocenters. The number of anilines is 1. The largest absolute Gasteiger partial charge is 0.494 e. The summed E-state index contributed by atoms with van der Waals surface area (Å²) in [6.45, 7) is 4.63. The molecule has 1 fully saturated rings. The van der Waals surface area contributed by atoms with Crippen molar-refractivity contribution in [2.45, 2.75) is 25.9 Å². The molecule has 156 valence electrons. The Morgan fingerprint density at radius 2 is 1.83 bits per heavy atom. The number of nitrogens with zero attached hydrogens (tertiary/aromatic N) is 3. The first-order chi connectivity index (χ1) is 13.9. The number of ether oxygens (including phenoxy) is 1. The average Bonchev–Trinajstić information content (AvgIpc) is 2.73. The number of carbonyl (C=O) groups excluding carboxylic acids is 1. The molecular formula is C21H24F3N3O2. The zero-order valence-electron chi connectivity index (χ0n) is 16.3. The number of amides is 1. The topological polar surface area (TPSA) is 45.7 Å². The Bertz CT molecular complexity index is 817. The molecule has 0 bridgehead atoms. The van der Waals surface area contributed by atoms with Crippen molar-refractivity contribution in [3.05, 3.63) is 53.7 Å². The molecule has 2 heterocycles. The van der Waals surface area contributed by atoms with Crippen molar-refractivity contribution in [2.75, 3.05) is 37.7 Å². The number of rotatable bonds is 6. The average molecular weight is 407 g/mol. The van der Waals surface area contributed by atoms with Gasteiger partial charge in [-0.15, -0.1) is 0 Å². The molecule has 2 aromatic rings. The molecule has 5 nitrogen and oxygen atoms in total. The van der Waals surface area contributed by atoms with Crippen LogP contribution in [0.15, 0.2) is 42.6 Å². The minimum Gasteiger partial charge on any atom is -0.494 e. The highest BCUT2D eigenvalue weighted by Crippen LogP contribution is 2.29. The Hall–Kier alpha value is -2.77. The SMILES string of the molecule is CCOc1ccccc1CCC(=O)N1CCN(c2ccc(C(F)(F)F)cn2)CC1. The maximum atomic E-state index is 12.7. The second-order valence-electron chi connectivity index (χ2n) is 6.81. The van der Waals surface area contributed by atoms with Crippen LogP contribution in [0.3, 0.4) is 0 Å². The summed E-state index contributed by atoms with van der Waals surface area (Å²) in [6.07, 6.45) is -2.54. The van der Waals surface area contributed by atoms with E-state index in [0.29, 0.717) is 51.4 Å². The lowest BCUT2D eigenvalue weighted by atomic mass is 10.1. The normalized spacial score (nSPS) is 14.8. The third-order valence-electron chi connectivity index (χ3n) is 4.91. The molecular weight excluding hydrogens is 383 g/mol. The summed E-state index contributed by atoms with van der Waals surface area (Å²) in [7, 11) is 0. The third kappa shape index (κ3) is 5.40. The van der Waals surface area contributed by atoms with Gasteiger partial charge in [-0.3, -0.25) is 4.79 Å². The van der Waals surface area contributed by atoms with E-state index in [0.717, 1.165) is 23.6 Å². The fraction of sp³-hybridized carbons (Fsp3) is 0.429. The van der Waals surface area contributed by atoms with Crippen molar-refractivity contribution in [3.63, 3.8) is 0 Å². The Morgan fingerprint density at radius 1 is 1.10 bits per heavy atom. The summed E-state index contributed by atoms with van der Waals surface area (Å²) < 4.78 is 43.6. The van der Waals surface area contributed by atoms with E-state index < -0.39 is 11.7 Å². The van der Waals surface area contributed by atoms with E-state index in [-0.39, 0.29) is 5.91 Å². The highest BCUT2D eigenvalue weighted by atomic mass is 19.4. The molecule has 1 aliphatic heterocycles. The lowest BCUT2D eigenvalue weighted by Gasteiger charge is -2.35. The predicted octanol–water partition coefficient (Wildman–Crippen LogP) is 3.78. The van der Waals surface area contributed by atoms with Gasteiger partial charge in [-0.25, -0.2) is 4.98 Å². The van der Waals surface area contributed by atoms with E-state index in [1.807, 2.05) is 36.1 Å². The summed E-state index contributed by atoms with van der Waals surface area (Å²) >= 11 is 0. The van der Waals surface area contributed by atoms with Crippen LogP contribution in [0, 0.1) is 0 Å². The number of hydrogen-bond donors (Lipinski definition) is 0. The highest BCUT2D eigenvalue weighted by molar-refractivity contribution is 5.77. The number of para-hydroxylation sites is 1. The first kappa shape index (κ1) is 21.0. The zero-order chi connectivity index (χ0) is 20.9. The predicted molar refractivity (Wildman–Crippen MR) is 104 cm³/mol. The fourth-order valence-electron chi connectivity index (χ4n) is 3.33. The van der Waals surface area contributed by atoms with Gasteiger partial charge in [-0.2, -0.15) is 13.2 Å². The van der Waals surface area contributed by atoms with Crippen molar-refractivity contribution in [1.29, 1.82) is 0 Å². The number of pyridine rings is 1. The molecule has 8 heteroatoms. The highest BCUT2D eigenvalue weighted by Gasteiger charge is 2.31. The van der Waals surface area contributed by atoms with Gasteiger partial charge in [0.2, 0.25) is 5.91 Å². The molecule has 0 spiro atoms. The number of aryl methyl sites for hydroxylation is 1. The van der Waals surface area contributed by atoms with E-state index in [1.165, 1.54) is 6.07 Å². The quantitative estimate of drug-likeness (QED) is 0.731. The smallest absolute Gasteiger partial charge is 0.417 e. The Balaban J connectivity index is 1.51. The zero-order valence-corrected chi connectivity index (χ0v) is 16.3. The first-order valence-corrected chi connectivity index (χ1v) is 9.65. The van der Waals surface area contributed by atoms with Gasteiger partial charge in [-0.05, 0) is 37.1 Å². The summed E-state index contributed by atoms with van der Waals surface area (Å²) in [4.78, 5) is 20.2. The van der Waals surface area contributed by atoms with Crippen LogP contribution < -0.4 is 9.64 Å². The van der Waals surface area contributed by atoms with Gasteiger partial charge in [0, 0.05) is 38.8 Å².